The van der Waals surface area contributed by atoms with Crippen LogP contribution in [0.4, 0.5) is 5.82 Å². The second-order valence-electron chi connectivity index (χ2n) is 4.27. The van der Waals surface area contributed by atoms with Crippen LogP contribution in [-0.4, -0.2) is 39.1 Å². The minimum Gasteiger partial charge on any atom is -0.381 e. The number of sulfonamides is 1. The molecule has 0 aromatic carbocycles. The predicted octanol–water partition coefficient (Wildman–Crippen LogP) is -0.443. The normalized spacial score (nSPS) is 12.2. The molecule has 0 bridgehead atoms. The van der Waals surface area contributed by atoms with Crippen molar-refractivity contribution >= 4 is 15.8 Å². The molecule has 0 aliphatic heterocycles. The summed E-state index contributed by atoms with van der Waals surface area (Å²) in [5.41, 5.74) is 5.61. The highest BCUT2D eigenvalue weighted by Gasteiger charge is 2.26. The summed E-state index contributed by atoms with van der Waals surface area (Å²) in [7, 11) is 1.24. The van der Waals surface area contributed by atoms with Crippen molar-refractivity contribution in [3.05, 3.63) is 24.4 Å². The smallest absolute Gasteiger partial charge is 0.248 e. The van der Waals surface area contributed by atoms with Gasteiger partial charge in [0.25, 0.3) is 0 Å². The molecule has 0 radical (unpaired) electrons. The zero-order valence-electron chi connectivity index (χ0n) is 11.0. The molecule has 8 nitrogen and oxygen atoms in total. The summed E-state index contributed by atoms with van der Waals surface area (Å²) in [6, 6.07) is 0. The zero-order valence-corrected chi connectivity index (χ0v) is 11.8. The summed E-state index contributed by atoms with van der Waals surface area (Å²) < 4.78 is 29.1. The standard InChI is InChI=1S/C10H16N6O2S/c1-14-5-4-12-9(14)7-16(3)19(17,18)8-6-15(2)13-10(8)11/h4-6H,7H2,1-3H3,(H2,11,13). The van der Waals surface area contributed by atoms with Gasteiger partial charge in [0, 0.05) is 39.7 Å². The van der Waals surface area contributed by atoms with E-state index in [1.807, 2.05) is 0 Å². The number of anilines is 1. The van der Waals surface area contributed by atoms with Gasteiger partial charge >= 0.3 is 0 Å². The lowest BCUT2D eigenvalue weighted by atomic mass is 10.6. The van der Waals surface area contributed by atoms with Crippen molar-refractivity contribution in [1.29, 1.82) is 0 Å². The summed E-state index contributed by atoms with van der Waals surface area (Å²) in [4.78, 5) is 4.10. The second kappa shape index (κ2) is 4.67. The van der Waals surface area contributed by atoms with E-state index < -0.39 is 10.0 Å². The van der Waals surface area contributed by atoms with Gasteiger partial charge in [0.05, 0.1) is 6.54 Å². The molecule has 0 aliphatic rings. The molecule has 2 aromatic rings. The lowest BCUT2D eigenvalue weighted by Gasteiger charge is -2.16. The average molecular weight is 284 g/mol. The Labute approximate surface area is 111 Å². The molecular formula is C10H16N6O2S. The summed E-state index contributed by atoms with van der Waals surface area (Å²) in [5, 5.41) is 3.84. The van der Waals surface area contributed by atoms with Crippen LogP contribution in [0.3, 0.4) is 0 Å². The number of imidazole rings is 1. The van der Waals surface area contributed by atoms with Gasteiger partial charge in [0.15, 0.2) is 5.82 Å². The lowest BCUT2D eigenvalue weighted by Crippen LogP contribution is -2.28. The van der Waals surface area contributed by atoms with Gasteiger partial charge in [-0.15, -0.1) is 0 Å². The Morgan fingerprint density at radius 1 is 1.42 bits per heavy atom. The van der Waals surface area contributed by atoms with E-state index in [0.717, 1.165) is 0 Å². The minimum atomic E-state index is -3.67. The molecule has 0 unspecified atom stereocenters. The third-order valence-electron chi connectivity index (χ3n) is 2.80. The van der Waals surface area contributed by atoms with Crippen LogP contribution in [0.2, 0.25) is 0 Å². The molecule has 0 amide bonds. The zero-order chi connectivity index (χ0) is 14.2. The Kier molecular flexibility index (Phi) is 3.33. The Hall–Kier alpha value is -1.87. The molecule has 0 saturated carbocycles. The van der Waals surface area contributed by atoms with Gasteiger partial charge in [-0.25, -0.2) is 13.4 Å². The highest BCUT2D eigenvalue weighted by Crippen LogP contribution is 2.20. The third-order valence-corrected chi connectivity index (χ3v) is 4.62. The first-order valence-electron chi connectivity index (χ1n) is 5.54. The fourth-order valence-corrected chi connectivity index (χ4v) is 2.90. The summed E-state index contributed by atoms with van der Waals surface area (Å²) in [6.45, 7) is 0.167. The van der Waals surface area contributed by atoms with Crippen LogP contribution >= 0.6 is 0 Å². The molecule has 0 aliphatic carbocycles. The van der Waals surface area contributed by atoms with Crippen molar-refractivity contribution < 1.29 is 8.42 Å². The number of nitrogens with zero attached hydrogens (tertiary/aromatic N) is 5. The number of hydrogen-bond acceptors (Lipinski definition) is 5. The van der Waals surface area contributed by atoms with Crippen molar-refractivity contribution in [2.45, 2.75) is 11.4 Å². The van der Waals surface area contributed by atoms with Crippen LogP contribution < -0.4 is 5.73 Å². The molecule has 104 valence electrons. The van der Waals surface area contributed by atoms with E-state index in [1.165, 1.54) is 22.2 Å². The highest BCUT2D eigenvalue weighted by atomic mass is 32.2. The number of nitrogen functional groups attached to an aromatic ring is 1. The molecule has 0 atom stereocenters. The molecular weight excluding hydrogens is 268 g/mol. The van der Waals surface area contributed by atoms with Crippen molar-refractivity contribution in [3.8, 4) is 0 Å². The number of aryl methyl sites for hydroxylation is 2. The van der Waals surface area contributed by atoms with Crippen molar-refractivity contribution in [3.63, 3.8) is 0 Å². The Bertz CT molecular complexity index is 687. The Morgan fingerprint density at radius 2 is 2.11 bits per heavy atom. The van der Waals surface area contributed by atoms with Crippen LogP contribution in [0.15, 0.2) is 23.5 Å². The molecule has 9 heteroatoms. The van der Waals surface area contributed by atoms with E-state index in [0.29, 0.717) is 5.82 Å². The van der Waals surface area contributed by atoms with Gasteiger partial charge in [0.1, 0.15) is 10.7 Å². The van der Waals surface area contributed by atoms with Gasteiger partial charge in [-0.2, -0.15) is 9.40 Å². The molecule has 0 fully saturated rings. The quantitative estimate of drug-likeness (QED) is 0.820. The first-order valence-corrected chi connectivity index (χ1v) is 6.98. The molecule has 2 heterocycles. The van der Waals surface area contributed by atoms with E-state index in [4.69, 9.17) is 5.73 Å². The minimum absolute atomic E-state index is 0.00538. The SMILES string of the molecule is CN(Cc1nccn1C)S(=O)(=O)c1cn(C)nc1N. The van der Waals surface area contributed by atoms with Gasteiger partial charge in [0.2, 0.25) is 10.0 Å². The highest BCUT2D eigenvalue weighted by molar-refractivity contribution is 7.89. The monoisotopic (exact) mass is 284 g/mol. The molecule has 2 aromatic heterocycles. The van der Waals surface area contributed by atoms with E-state index in [-0.39, 0.29) is 17.3 Å². The van der Waals surface area contributed by atoms with Crippen molar-refractivity contribution in [2.75, 3.05) is 12.8 Å². The second-order valence-corrected chi connectivity index (χ2v) is 6.28. The fraction of sp³-hybridized carbons (Fsp3) is 0.400. The maximum atomic E-state index is 12.4. The van der Waals surface area contributed by atoms with Crippen LogP contribution in [0, 0.1) is 0 Å². The van der Waals surface area contributed by atoms with E-state index in [1.54, 1.807) is 31.1 Å². The first-order chi connectivity index (χ1) is 8.82. The van der Waals surface area contributed by atoms with E-state index in [2.05, 4.69) is 10.1 Å². The molecule has 0 saturated heterocycles. The number of nitrogens with two attached hydrogens (primary N) is 1. The van der Waals surface area contributed by atoms with Gasteiger partial charge in [-0.1, -0.05) is 0 Å². The van der Waals surface area contributed by atoms with Crippen molar-refractivity contribution in [2.24, 2.45) is 14.1 Å². The van der Waals surface area contributed by atoms with E-state index in [9.17, 15) is 8.42 Å². The predicted molar refractivity (Wildman–Crippen MR) is 69.5 cm³/mol. The fourth-order valence-electron chi connectivity index (χ4n) is 1.68. The molecule has 2 N–H and O–H groups in total. The lowest BCUT2D eigenvalue weighted by molar-refractivity contribution is 0.451. The molecule has 2 rings (SSSR count). The van der Waals surface area contributed by atoms with Crippen molar-refractivity contribution in [1.82, 2.24) is 23.6 Å². The summed E-state index contributed by atoms with van der Waals surface area (Å²) in [6.07, 6.45) is 4.77. The summed E-state index contributed by atoms with van der Waals surface area (Å²) >= 11 is 0. The average Bonchev–Trinajstić information content (AvgIpc) is 2.86. The van der Waals surface area contributed by atoms with Crippen LogP contribution in [0.5, 0.6) is 0 Å². The van der Waals surface area contributed by atoms with Gasteiger partial charge in [-0.05, 0) is 0 Å². The number of hydrogen-bond donors (Lipinski definition) is 1. The van der Waals surface area contributed by atoms with E-state index >= 15 is 0 Å². The first kappa shape index (κ1) is 13.6. The van der Waals surface area contributed by atoms with Gasteiger partial charge in [-0.3, -0.25) is 4.68 Å². The third kappa shape index (κ3) is 2.47. The van der Waals surface area contributed by atoms with Crippen LogP contribution in [-0.2, 0) is 30.7 Å². The summed E-state index contributed by atoms with van der Waals surface area (Å²) in [5.74, 6) is 0.641. The Balaban J connectivity index is 2.30. The maximum absolute atomic E-state index is 12.4. The Morgan fingerprint density at radius 3 is 2.58 bits per heavy atom. The topological polar surface area (TPSA) is 99.0 Å². The van der Waals surface area contributed by atoms with Crippen LogP contribution in [0.25, 0.3) is 0 Å². The molecule has 19 heavy (non-hydrogen) atoms. The van der Waals surface area contributed by atoms with Gasteiger partial charge < -0.3 is 10.3 Å². The molecule has 0 spiro atoms. The number of aromatic nitrogens is 4. The largest absolute Gasteiger partial charge is 0.381 e. The maximum Gasteiger partial charge on any atom is 0.248 e. The van der Waals surface area contributed by atoms with Crippen LogP contribution in [0.1, 0.15) is 5.82 Å². The number of rotatable bonds is 4.